The van der Waals surface area contributed by atoms with E-state index < -0.39 is 11.9 Å². The summed E-state index contributed by atoms with van der Waals surface area (Å²) in [5.41, 5.74) is 0. The maximum absolute atomic E-state index is 11.9. The highest BCUT2D eigenvalue weighted by Crippen LogP contribution is 2.27. The van der Waals surface area contributed by atoms with Crippen molar-refractivity contribution >= 4 is 39.1 Å². The van der Waals surface area contributed by atoms with Gasteiger partial charge in [-0.05, 0) is 34.8 Å². The Morgan fingerprint density at radius 3 is 2.82 bits per heavy atom. The Bertz CT molecular complexity index is 446. The SMILES string of the molecule is O=C(N[C@H]1CCC[C@H]1C(=O)O)c1cc(Br)cs1. The lowest BCUT2D eigenvalue weighted by atomic mass is 10.0. The van der Waals surface area contributed by atoms with E-state index in [9.17, 15) is 9.59 Å². The molecule has 92 valence electrons. The number of halogens is 1. The van der Waals surface area contributed by atoms with E-state index in [1.54, 1.807) is 6.07 Å². The number of amides is 1. The molecule has 0 bridgehead atoms. The maximum Gasteiger partial charge on any atom is 0.308 e. The second-order valence-corrected chi connectivity index (χ2v) is 5.91. The molecule has 2 rings (SSSR count). The number of aliphatic carboxylic acids is 1. The standard InChI is InChI=1S/C11H12BrNO3S/c12-6-4-9(17-5-6)10(14)13-8-3-1-2-7(8)11(15)16/h4-5,7-8H,1-3H2,(H,13,14)(H,15,16)/t7-,8+/m1/s1. The molecule has 1 fully saturated rings. The second-order valence-electron chi connectivity index (χ2n) is 4.08. The molecular formula is C11H12BrNO3S. The molecule has 1 aliphatic rings. The average Bonchev–Trinajstić information content (AvgIpc) is 2.86. The maximum atomic E-state index is 11.9. The van der Waals surface area contributed by atoms with Crippen molar-refractivity contribution < 1.29 is 14.7 Å². The molecular weight excluding hydrogens is 306 g/mol. The van der Waals surface area contributed by atoms with Crippen LogP contribution in [0, 0.1) is 5.92 Å². The molecule has 0 aliphatic heterocycles. The van der Waals surface area contributed by atoms with Gasteiger partial charge in [0.05, 0.1) is 10.8 Å². The lowest BCUT2D eigenvalue weighted by Crippen LogP contribution is -2.39. The largest absolute Gasteiger partial charge is 0.481 e. The van der Waals surface area contributed by atoms with Crippen LogP contribution in [-0.4, -0.2) is 23.0 Å². The van der Waals surface area contributed by atoms with Crippen molar-refractivity contribution in [2.24, 2.45) is 5.92 Å². The van der Waals surface area contributed by atoms with Crippen LogP contribution in [0.2, 0.25) is 0 Å². The molecule has 1 aromatic rings. The Morgan fingerprint density at radius 1 is 1.47 bits per heavy atom. The molecule has 6 heteroatoms. The van der Waals surface area contributed by atoms with Gasteiger partial charge >= 0.3 is 5.97 Å². The molecule has 0 radical (unpaired) electrons. The summed E-state index contributed by atoms with van der Waals surface area (Å²) in [4.78, 5) is 23.5. The Kier molecular flexibility index (Phi) is 3.83. The zero-order chi connectivity index (χ0) is 12.4. The monoisotopic (exact) mass is 317 g/mol. The summed E-state index contributed by atoms with van der Waals surface area (Å²) in [6.45, 7) is 0. The molecule has 0 unspecified atom stereocenters. The zero-order valence-corrected chi connectivity index (χ0v) is 11.4. The highest BCUT2D eigenvalue weighted by molar-refractivity contribution is 9.10. The molecule has 17 heavy (non-hydrogen) atoms. The molecule has 0 spiro atoms. The summed E-state index contributed by atoms with van der Waals surface area (Å²) in [5, 5.41) is 13.7. The summed E-state index contributed by atoms with van der Waals surface area (Å²) in [7, 11) is 0. The lowest BCUT2D eigenvalue weighted by Gasteiger charge is -2.16. The Hall–Kier alpha value is -0.880. The van der Waals surface area contributed by atoms with Gasteiger partial charge in [0.25, 0.3) is 5.91 Å². The number of carbonyl (C=O) groups excluding carboxylic acids is 1. The van der Waals surface area contributed by atoms with Crippen LogP contribution in [0.5, 0.6) is 0 Å². The number of hydrogen-bond donors (Lipinski definition) is 2. The molecule has 0 saturated heterocycles. The summed E-state index contributed by atoms with van der Waals surface area (Å²) in [6.07, 6.45) is 2.25. The van der Waals surface area contributed by atoms with E-state index in [1.807, 2.05) is 5.38 Å². The normalized spacial score (nSPS) is 23.6. The fourth-order valence-corrected chi connectivity index (χ4v) is 3.43. The van der Waals surface area contributed by atoms with Crippen molar-refractivity contribution in [1.82, 2.24) is 5.32 Å². The van der Waals surface area contributed by atoms with Crippen LogP contribution >= 0.6 is 27.3 Å². The summed E-state index contributed by atoms with van der Waals surface area (Å²) in [6, 6.07) is 1.51. The van der Waals surface area contributed by atoms with Crippen LogP contribution in [0.25, 0.3) is 0 Å². The van der Waals surface area contributed by atoms with Crippen LogP contribution in [0.1, 0.15) is 28.9 Å². The number of thiophene rings is 1. The molecule has 0 aromatic carbocycles. The number of rotatable bonds is 3. The van der Waals surface area contributed by atoms with Crippen LogP contribution in [0.4, 0.5) is 0 Å². The third kappa shape index (κ3) is 2.87. The van der Waals surface area contributed by atoms with Crippen LogP contribution < -0.4 is 5.32 Å². The predicted octanol–water partition coefficient (Wildman–Crippen LogP) is 2.49. The van der Waals surface area contributed by atoms with Crippen molar-refractivity contribution in [2.45, 2.75) is 25.3 Å². The molecule has 4 nitrogen and oxygen atoms in total. The molecule has 1 saturated carbocycles. The number of hydrogen-bond acceptors (Lipinski definition) is 3. The summed E-state index contributed by atoms with van der Waals surface area (Å²) in [5.74, 6) is -1.44. The average molecular weight is 318 g/mol. The molecule has 2 N–H and O–H groups in total. The first-order chi connectivity index (χ1) is 8.08. The van der Waals surface area contributed by atoms with Gasteiger partial charge in [0, 0.05) is 15.9 Å². The quantitative estimate of drug-likeness (QED) is 0.900. The van der Waals surface area contributed by atoms with E-state index in [0.29, 0.717) is 11.3 Å². The van der Waals surface area contributed by atoms with Crippen molar-refractivity contribution in [3.63, 3.8) is 0 Å². The second kappa shape index (κ2) is 5.18. The van der Waals surface area contributed by atoms with Gasteiger partial charge in [-0.1, -0.05) is 6.42 Å². The van der Waals surface area contributed by atoms with E-state index in [2.05, 4.69) is 21.2 Å². The predicted molar refractivity (Wildman–Crippen MR) is 68.3 cm³/mol. The minimum atomic E-state index is -0.819. The smallest absolute Gasteiger partial charge is 0.308 e. The van der Waals surface area contributed by atoms with E-state index in [1.165, 1.54) is 11.3 Å². The van der Waals surface area contributed by atoms with Gasteiger partial charge in [0.2, 0.25) is 0 Å². The van der Waals surface area contributed by atoms with Crippen LogP contribution in [-0.2, 0) is 4.79 Å². The minimum Gasteiger partial charge on any atom is -0.481 e. The van der Waals surface area contributed by atoms with Gasteiger partial charge in [-0.25, -0.2) is 0 Å². The fraction of sp³-hybridized carbons (Fsp3) is 0.455. The van der Waals surface area contributed by atoms with Gasteiger partial charge in [0.15, 0.2) is 0 Å². The summed E-state index contributed by atoms with van der Waals surface area (Å²) >= 11 is 4.63. The first-order valence-electron chi connectivity index (χ1n) is 5.35. The molecule has 1 amide bonds. The first kappa shape index (κ1) is 12.6. The number of carboxylic acid groups (broad SMARTS) is 1. The third-order valence-electron chi connectivity index (χ3n) is 2.94. The first-order valence-corrected chi connectivity index (χ1v) is 7.03. The van der Waals surface area contributed by atoms with E-state index in [4.69, 9.17) is 5.11 Å². The van der Waals surface area contributed by atoms with Crippen LogP contribution in [0.15, 0.2) is 15.9 Å². The van der Waals surface area contributed by atoms with Crippen molar-refractivity contribution in [3.8, 4) is 0 Å². The molecule has 1 aliphatic carbocycles. The third-order valence-corrected chi connectivity index (χ3v) is 4.63. The molecule has 1 heterocycles. The van der Waals surface area contributed by atoms with Gasteiger partial charge in [-0.2, -0.15) is 0 Å². The minimum absolute atomic E-state index is 0.182. The number of nitrogens with one attached hydrogen (secondary N) is 1. The number of carboxylic acids is 1. The Labute approximate surface area is 111 Å². The van der Waals surface area contributed by atoms with Crippen molar-refractivity contribution in [1.29, 1.82) is 0 Å². The Balaban J connectivity index is 2.01. The number of carbonyl (C=O) groups is 2. The van der Waals surface area contributed by atoms with Crippen molar-refractivity contribution in [3.05, 3.63) is 20.8 Å². The topological polar surface area (TPSA) is 66.4 Å². The highest BCUT2D eigenvalue weighted by Gasteiger charge is 2.34. The van der Waals surface area contributed by atoms with Gasteiger partial charge in [-0.15, -0.1) is 11.3 Å². The lowest BCUT2D eigenvalue weighted by molar-refractivity contribution is -0.142. The zero-order valence-electron chi connectivity index (χ0n) is 8.98. The van der Waals surface area contributed by atoms with E-state index in [-0.39, 0.29) is 11.9 Å². The van der Waals surface area contributed by atoms with Crippen LogP contribution in [0.3, 0.4) is 0 Å². The molecule has 2 atom stereocenters. The fourth-order valence-electron chi connectivity index (χ4n) is 2.10. The van der Waals surface area contributed by atoms with Gasteiger partial charge in [-0.3, -0.25) is 9.59 Å². The molecule has 1 aromatic heterocycles. The van der Waals surface area contributed by atoms with Crippen molar-refractivity contribution in [2.75, 3.05) is 0 Å². The van der Waals surface area contributed by atoms with Gasteiger partial charge in [0.1, 0.15) is 0 Å². The van der Waals surface area contributed by atoms with Gasteiger partial charge < -0.3 is 10.4 Å². The van der Waals surface area contributed by atoms with E-state index in [0.717, 1.165) is 17.3 Å². The Morgan fingerprint density at radius 2 is 2.24 bits per heavy atom. The summed E-state index contributed by atoms with van der Waals surface area (Å²) < 4.78 is 0.869. The van der Waals surface area contributed by atoms with E-state index >= 15 is 0 Å². The highest BCUT2D eigenvalue weighted by atomic mass is 79.9.